The molecular formula is C74H73F9N6O12. The zero-order valence-electron chi connectivity index (χ0n) is 56.2. The van der Waals surface area contributed by atoms with Crippen LogP contribution in [0.1, 0.15) is 140 Å². The molecule has 6 aliphatic rings. The zero-order valence-corrected chi connectivity index (χ0v) is 56.2. The van der Waals surface area contributed by atoms with Crippen molar-refractivity contribution in [2.75, 3.05) is 51.7 Å². The summed E-state index contributed by atoms with van der Waals surface area (Å²) in [4.78, 5) is 75.3. The number of benzene rings is 6. The van der Waals surface area contributed by atoms with Crippen molar-refractivity contribution >= 4 is 86.3 Å². The lowest BCUT2D eigenvalue weighted by Gasteiger charge is -2.39. The molecule has 0 bridgehead atoms. The average Bonchev–Trinajstić information content (AvgIpc) is 0.776. The van der Waals surface area contributed by atoms with Crippen molar-refractivity contribution in [2.45, 2.75) is 148 Å². The van der Waals surface area contributed by atoms with Crippen LogP contribution in [0.3, 0.4) is 0 Å². The highest BCUT2D eigenvalue weighted by Gasteiger charge is 2.42. The highest BCUT2D eigenvalue weighted by atomic mass is 19.4. The lowest BCUT2D eigenvalue weighted by Crippen LogP contribution is -2.38. The number of nitrogens with one attached hydrogen (secondary N) is 5. The lowest BCUT2D eigenvalue weighted by molar-refractivity contribution is -0.138. The molecule has 6 aromatic carbocycles. The topological polar surface area (TPSA) is 221 Å². The number of anilines is 6. The van der Waals surface area contributed by atoms with Gasteiger partial charge in [0.1, 0.15) is 51.3 Å². The maximum absolute atomic E-state index is 13.3. The summed E-state index contributed by atoms with van der Waals surface area (Å²) in [7, 11) is 1.63. The maximum Gasteiger partial charge on any atom is 0.416 e. The molecular weight excluding hydrogens is 1340 g/mol. The summed E-state index contributed by atoms with van der Waals surface area (Å²) in [5, 5.41) is 13.7. The van der Waals surface area contributed by atoms with E-state index in [9.17, 15) is 68.3 Å². The molecule has 12 rings (SSSR count). The average molecular weight is 1410 g/mol. The minimum atomic E-state index is -4.50. The quantitative estimate of drug-likeness (QED) is 0.0570. The van der Waals surface area contributed by atoms with Gasteiger partial charge in [-0.1, -0.05) is 59.7 Å². The number of hydrogen-bond donors (Lipinski definition) is 5. The minimum Gasteiger partial charge on any atom is -0.486 e. The number of hydrogen-bond acceptors (Lipinski definition) is 12. The molecule has 27 heteroatoms. The Bertz CT molecular complexity index is 4340. The minimum absolute atomic E-state index is 0.0462. The number of amides is 6. The summed E-state index contributed by atoms with van der Waals surface area (Å²) in [5.74, 6) is -0.214. The van der Waals surface area contributed by atoms with Crippen molar-refractivity contribution < 1.29 is 96.7 Å². The van der Waals surface area contributed by atoms with E-state index in [0.717, 1.165) is 36.4 Å². The first-order valence-corrected chi connectivity index (χ1v) is 32.7. The van der Waals surface area contributed by atoms with E-state index >= 15 is 0 Å². The molecule has 1 unspecified atom stereocenters. The molecule has 6 heterocycles. The van der Waals surface area contributed by atoms with Gasteiger partial charge in [0.05, 0.1) is 33.8 Å². The van der Waals surface area contributed by atoms with E-state index in [-0.39, 0.29) is 48.2 Å². The number of likely N-dealkylation sites (N-methyl/N-ethyl adjacent to an activating group) is 1. The van der Waals surface area contributed by atoms with Gasteiger partial charge in [0.15, 0.2) is 19.3 Å². The standard InChI is InChI=1S/2C25H25F3N2O4.C24H23F3N2O4/c1-4-24(5-2)13-15(18-8-6-16(25(26,27)28)11-21(18)34-24)10-22(31)29-17-7-9-20-19(12-17)30(3)23(32)14-33-20;1-4-24(5-2)13-15(18-8-6-16(25(26,27)28)11-21(18)34-24)10-22(31)29-17-7-9-20-19(12-17)30-23(32)14(3)33-20;1-3-23(4-2)12-14(17-7-5-15(24(25,26)27)10-20(17)33-23)9-21(30)28-16-6-8-19-18(11-16)29-22(31)13-32-19/h6-12H,4-5,13-14H2,1-3H3,(H,29,31);6-12,14H,4-5,13H2,1-3H3,(H,29,31)(H,30,32);5-11H,3-4,12-13H2,1-2H3,(H,28,30)(H,29,31)/b2*15-10+;14-9+. The molecule has 6 aromatic rings. The van der Waals surface area contributed by atoms with E-state index in [1.54, 1.807) is 68.6 Å². The summed E-state index contributed by atoms with van der Waals surface area (Å²) >= 11 is 0. The number of nitrogens with zero attached hydrogens (tertiary/aromatic N) is 1. The van der Waals surface area contributed by atoms with Crippen LogP contribution in [-0.4, -0.2) is 78.6 Å². The molecule has 0 radical (unpaired) electrons. The van der Waals surface area contributed by atoms with Gasteiger partial charge < -0.3 is 59.9 Å². The summed E-state index contributed by atoms with van der Waals surface area (Å²) in [6, 6.07) is 24.7. The fourth-order valence-electron chi connectivity index (χ4n) is 12.4. The first-order chi connectivity index (χ1) is 47.7. The van der Waals surface area contributed by atoms with E-state index in [1.165, 1.54) is 41.3 Å². The maximum atomic E-state index is 13.3. The van der Waals surface area contributed by atoms with E-state index < -0.39 is 75.8 Å². The largest absolute Gasteiger partial charge is 0.486 e. The fourth-order valence-corrected chi connectivity index (χ4v) is 12.4. The van der Waals surface area contributed by atoms with Gasteiger partial charge in [-0.2, -0.15) is 39.5 Å². The number of ether oxygens (including phenoxy) is 6. The molecule has 6 amide bonds. The first kappa shape index (κ1) is 73.3. The Morgan fingerprint density at radius 1 is 0.475 bits per heavy atom. The monoisotopic (exact) mass is 1410 g/mol. The molecule has 534 valence electrons. The number of rotatable bonds is 12. The van der Waals surface area contributed by atoms with Crippen molar-refractivity contribution in [3.8, 4) is 34.5 Å². The van der Waals surface area contributed by atoms with Crippen molar-refractivity contribution in [1.82, 2.24) is 0 Å². The Kier molecular flexibility index (Phi) is 21.0. The predicted octanol–water partition coefficient (Wildman–Crippen LogP) is 16.6. The van der Waals surface area contributed by atoms with Crippen LogP contribution in [0.5, 0.6) is 34.5 Å². The molecule has 18 nitrogen and oxygen atoms in total. The number of alkyl halides is 9. The Hall–Kier alpha value is -10.5. The second kappa shape index (κ2) is 29.0. The molecule has 0 saturated carbocycles. The fraction of sp³-hybridized carbons (Fsp3) is 0.351. The van der Waals surface area contributed by atoms with Gasteiger partial charge >= 0.3 is 18.5 Å². The third-order valence-electron chi connectivity index (χ3n) is 18.6. The van der Waals surface area contributed by atoms with E-state index in [1.807, 2.05) is 41.5 Å². The zero-order chi connectivity index (χ0) is 73.1. The molecule has 1 atom stereocenters. The van der Waals surface area contributed by atoms with Gasteiger partial charge in [-0.05, 0) is 153 Å². The molecule has 0 fully saturated rings. The van der Waals surface area contributed by atoms with Gasteiger partial charge in [-0.25, -0.2) is 0 Å². The van der Waals surface area contributed by atoms with Crippen LogP contribution >= 0.6 is 0 Å². The number of carbonyl (C=O) groups is 6. The van der Waals surface area contributed by atoms with Crippen molar-refractivity contribution in [3.63, 3.8) is 0 Å². The first-order valence-electron chi connectivity index (χ1n) is 32.7. The number of fused-ring (bicyclic) bond motifs is 6. The number of carbonyl (C=O) groups excluding carboxylic acids is 6. The second-order valence-corrected chi connectivity index (χ2v) is 25.0. The lowest BCUT2D eigenvalue weighted by atomic mass is 9.83. The molecule has 5 N–H and O–H groups in total. The third-order valence-corrected chi connectivity index (χ3v) is 18.6. The Morgan fingerprint density at radius 2 is 0.832 bits per heavy atom. The van der Waals surface area contributed by atoms with Crippen molar-refractivity contribution in [1.29, 1.82) is 0 Å². The molecule has 101 heavy (non-hydrogen) atoms. The van der Waals surface area contributed by atoms with Crippen LogP contribution in [0.4, 0.5) is 73.6 Å². The highest BCUT2D eigenvalue weighted by molar-refractivity contribution is 6.08. The van der Waals surface area contributed by atoms with Gasteiger partial charge in [0, 0.05) is 78.3 Å². The SMILES string of the molecule is CCC1(CC)C/C(=C\C(=O)Nc2ccc3c(c2)N(C)C(=O)CO3)c2ccc(C(F)(F)F)cc2O1.CCC1(CC)C/C(=C\C(=O)Nc2ccc3c(c2)NC(=O)C(C)O3)c2ccc(C(F)(F)F)cc2O1.CCC1(CC)C/C(=C\C(=O)Nc2ccc3c(c2)NC(=O)CO3)c2ccc(C(F)(F)F)cc2O1. The van der Waals surface area contributed by atoms with Gasteiger partial charge in [-0.3, -0.25) is 28.8 Å². The van der Waals surface area contributed by atoms with Gasteiger partial charge in [0.2, 0.25) is 17.7 Å². The molecule has 6 aliphatic heterocycles. The normalized spacial score (nSPS) is 18.6. The predicted molar refractivity (Wildman–Crippen MR) is 361 cm³/mol. The molecule has 0 saturated heterocycles. The van der Waals surface area contributed by atoms with E-state index in [4.69, 9.17) is 28.4 Å². The molecule has 0 spiro atoms. The third kappa shape index (κ3) is 16.6. The molecule has 0 aliphatic carbocycles. The smallest absolute Gasteiger partial charge is 0.416 e. The Labute approximate surface area is 575 Å². The van der Waals surface area contributed by atoms with E-state index in [0.29, 0.717) is 143 Å². The van der Waals surface area contributed by atoms with Crippen molar-refractivity contribution in [3.05, 3.63) is 161 Å². The highest BCUT2D eigenvalue weighted by Crippen LogP contribution is 2.50. The summed E-state index contributed by atoms with van der Waals surface area (Å²) in [6.45, 7) is 13.0. The second-order valence-electron chi connectivity index (χ2n) is 25.0. The van der Waals surface area contributed by atoms with Crippen LogP contribution in [0.25, 0.3) is 16.7 Å². The van der Waals surface area contributed by atoms with Gasteiger partial charge in [-0.15, -0.1) is 0 Å². The van der Waals surface area contributed by atoms with Crippen LogP contribution in [-0.2, 0) is 47.3 Å². The number of halogens is 9. The van der Waals surface area contributed by atoms with Crippen LogP contribution in [0.2, 0.25) is 0 Å². The summed E-state index contributed by atoms with van der Waals surface area (Å²) < 4.78 is 154. The Morgan fingerprint density at radius 3 is 1.22 bits per heavy atom. The molecule has 0 aromatic heterocycles. The van der Waals surface area contributed by atoms with Gasteiger partial charge in [0.25, 0.3) is 17.7 Å². The Balaban J connectivity index is 0.000000163. The van der Waals surface area contributed by atoms with Crippen LogP contribution in [0, 0.1) is 0 Å². The van der Waals surface area contributed by atoms with Crippen LogP contribution in [0.15, 0.2) is 127 Å². The van der Waals surface area contributed by atoms with Crippen molar-refractivity contribution in [2.24, 2.45) is 0 Å². The van der Waals surface area contributed by atoms with Crippen LogP contribution < -0.4 is 59.9 Å². The van der Waals surface area contributed by atoms with E-state index in [2.05, 4.69) is 26.6 Å². The summed E-state index contributed by atoms with van der Waals surface area (Å²) in [6.07, 6.45) is -5.32. The summed E-state index contributed by atoms with van der Waals surface area (Å²) in [5.41, 5.74) is 1.46.